The van der Waals surface area contributed by atoms with Crippen LogP contribution in [0.4, 0.5) is 10.6 Å². The average Bonchev–Trinajstić information content (AvgIpc) is 3.27. The number of ether oxygens (including phenoxy) is 2. The van der Waals surface area contributed by atoms with Gasteiger partial charge in [-0.15, -0.1) is 0 Å². The molecule has 1 amide bonds. The van der Waals surface area contributed by atoms with Gasteiger partial charge in [0.25, 0.3) is 0 Å². The summed E-state index contributed by atoms with van der Waals surface area (Å²) in [5.74, 6) is 0.122. The molecule has 0 saturated carbocycles. The first kappa shape index (κ1) is 30.0. The maximum atomic E-state index is 12.1. The molecule has 1 aromatic carbocycles. The number of pyridine rings is 2. The Morgan fingerprint density at radius 3 is 2.40 bits per heavy atom. The Morgan fingerprint density at radius 2 is 1.79 bits per heavy atom. The van der Waals surface area contributed by atoms with Crippen molar-refractivity contribution in [2.45, 2.75) is 53.2 Å². The van der Waals surface area contributed by atoms with E-state index < -0.39 is 11.7 Å². The first-order chi connectivity index (χ1) is 20.4. The fourth-order valence-electron chi connectivity index (χ4n) is 5.73. The molecule has 224 valence electrons. The second-order valence-corrected chi connectivity index (χ2v) is 12.0. The Hall–Kier alpha value is -4.50. The van der Waals surface area contributed by atoms with E-state index in [-0.39, 0.29) is 5.97 Å². The summed E-state index contributed by atoms with van der Waals surface area (Å²) >= 11 is 0. The lowest BCUT2D eigenvalue weighted by molar-refractivity contribution is 0.0598. The molecule has 0 spiro atoms. The summed E-state index contributed by atoms with van der Waals surface area (Å²) in [6.45, 7) is 12.1. The number of nitrogens with one attached hydrogen (secondary N) is 1. The van der Waals surface area contributed by atoms with Gasteiger partial charge in [-0.2, -0.15) is 0 Å². The largest absolute Gasteiger partial charge is 0.465 e. The molecule has 0 fully saturated rings. The van der Waals surface area contributed by atoms with E-state index in [1.807, 2.05) is 51.2 Å². The highest BCUT2D eigenvalue weighted by Crippen LogP contribution is 2.32. The molecule has 0 unspecified atom stereocenters. The van der Waals surface area contributed by atoms with Crippen molar-refractivity contribution in [1.82, 2.24) is 19.4 Å². The van der Waals surface area contributed by atoms with Crippen molar-refractivity contribution in [3.8, 4) is 11.1 Å². The maximum Gasteiger partial charge on any atom is 0.413 e. The molecule has 1 aliphatic heterocycles. The number of carbonyl (C=O) groups excluding carboxylic acids is 2. The highest BCUT2D eigenvalue weighted by molar-refractivity contribution is 5.94. The predicted molar refractivity (Wildman–Crippen MR) is 169 cm³/mol. The lowest BCUT2D eigenvalue weighted by atomic mass is 9.90. The molecule has 0 atom stereocenters. The van der Waals surface area contributed by atoms with Gasteiger partial charge in [-0.05, 0) is 105 Å². The molecule has 4 heterocycles. The van der Waals surface area contributed by atoms with Crippen molar-refractivity contribution in [2.75, 3.05) is 25.5 Å². The third-order valence-electron chi connectivity index (χ3n) is 7.69. The summed E-state index contributed by atoms with van der Waals surface area (Å²) in [6, 6.07) is 11.8. The molecule has 9 heteroatoms. The van der Waals surface area contributed by atoms with Crippen LogP contribution in [0.15, 0.2) is 54.9 Å². The number of esters is 1. The van der Waals surface area contributed by atoms with Gasteiger partial charge in [0.05, 0.1) is 12.7 Å². The Bertz CT molecular complexity index is 1690. The van der Waals surface area contributed by atoms with Crippen molar-refractivity contribution >= 4 is 34.5 Å². The Labute approximate surface area is 252 Å². The summed E-state index contributed by atoms with van der Waals surface area (Å²) in [5.41, 5.74) is 8.80. The van der Waals surface area contributed by atoms with E-state index in [1.165, 1.54) is 23.9 Å². The quantitative estimate of drug-likeness (QED) is 0.254. The predicted octanol–water partition coefficient (Wildman–Crippen LogP) is 6.68. The average molecular weight is 582 g/mol. The van der Waals surface area contributed by atoms with E-state index in [0.717, 1.165) is 59.3 Å². The Kier molecular flexibility index (Phi) is 8.37. The second kappa shape index (κ2) is 12.0. The Morgan fingerprint density at radius 1 is 1.05 bits per heavy atom. The molecule has 1 N–H and O–H groups in total. The summed E-state index contributed by atoms with van der Waals surface area (Å²) in [4.78, 5) is 35.7. The van der Waals surface area contributed by atoms with E-state index in [9.17, 15) is 9.59 Å². The molecular weight excluding hydrogens is 542 g/mol. The van der Waals surface area contributed by atoms with Crippen LogP contribution in [-0.2, 0) is 23.1 Å². The number of anilines is 1. The first-order valence-corrected chi connectivity index (χ1v) is 14.4. The van der Waals surface area contributed by atoms with Crippen LogP contribution < -0.4 is 5.32 Å². The lowest BCUT2D eigenvalue weighted by Crippen LogP contribution is -2.29. The lowest BCUT2D eigenvalue weighted by Gasteiger charge is -2.28. The number of aryl methyl sites for hydroxylation is 3. The van der Waals surface area contributed by atoms with Crippen molar-refractivity contribution < 1.29 is 19.1 Å². The van der Waals surface area contributed by atoms with Gasteiger partial charge in [-0.1, -0.05) is 6.08 Å². The zero-order chi connectivity index (χ0) is 30.9. The van der Waals surface area contributed by atoms with Gasteiger partial charge in [0.1, 0.15) is 17.1 Å². The van der Waals surface area contributed by atoms with Gasteiger partial charge in [0.15, 0.2) is 0 Å². The van der Waals surface area contributed by atoms with Crippen LogP contribution in [0.25, 0.3) is 27.7 Å². The minimum absolute atomic E-state index is 0.308. The molecule has 1 aliphatic rings. The SMILES string of the molecule is COC(=O)c1cc(C)c(C2=CCN(Cc3cc4c(-c5ccc(NC(=O)OC(C)(C)C)nc5)ccnc4n3C)CC2)c(C)c1. The van der Waals surface area contributed by atoms with Gasteiger partial charge in [0.2, 0.25) is 0 Å². The topological polar surface area (TPSA) is 98.6 Å². The Balaban J connectivity index is 1.32. The number of benzene rings is 1. The molecule has 0 radical (unpaired) electrons. The van der Waals surface area contributed by atoms with E-state index in [0.29, 0.717) is 11.4 Å². The molecule has 0 aliphatic carbocycles. The van der Waals surface area contributed by atoms with Crippen LogP contribution in [-0.4, -0.2) is 57.3 Å². The van der Waals surface area contributed by atoms with Crippen LogP contribution >= 0.6 is 0 Å². The van der Waals surface area contributed by atoms with Gasteiger partial charge < -0.3 is 14.0 Å². The zero-order valence-electron chi connectivity index (χ0n) is 25.9. The normalized spacial score (nSPS) is 14.0. The molecule has 4 aromatic rings. The van der Waals surface area contributed by atoms with Crippen molar-refractivity contribution in [1.29, 1.82) is 0 Å². The number of aromatic nitrogens is 3. The monoisotopic (exact) mass is 581 g/mol. The van der Waals surface area contributed by atoms with E-state index in [1.54, 1.807) is 12.3 Å². The highest BCUT2D eigenvalue weighted by atomic mass is 16.6. The summed E-state index contributed by atoms with van der Waals surface area (Å²) in [7, 11) is 3.47. The standard InChI is InChI=1S/C34H39N5O4/c1-21-16-25(32(40)42-7)17-22(2)30(21)23-11-14-39(15-12-23)20-26-18-28-27(10-13-35-31(28)38(26)6)24-8-9-29(36-19-24)37-33(41)43-34(3,4)5/h8-11,13,16-19H,12,14-15,20H2,1-7H3,(H,36,37,41). The molecule has 3 aromatic heterocycles. The maximum absolute atomic E-state index is 12.1. The number of nitrogens with zero attached hydrogens (tertiary/aromatic N) is 4. The fraction of sp³-hybridized carbons (Fsp3) is 0.353. The smallest absolute Gasteiger partial charge is 0.413 e. The molecule has 5 rings (SSSR count). The number of amides is 1. The van der Waals surface area contributed by atoms with E-state index >= 15 is 0 Å². The fourth-order valence-corrected chi connectivity index (χ4v) is 5.73. The van der Waals surface area contributed by atoms with Crippen LogP contribution in [0.2, 0.25) is 0 Å². The number of fused-ring (bicyclic) bond motifs is 1. The number of rotatable bonds is 6. The van der Waals surface area contributed by atoms with Gasteiger partial charge in [0, 0.05) is 55.7 Å². The highest BCUT2D eigenvalue weighted by Gasteiger charge is 2.21. The van der Waals surface area contributed by atoms with Crippen LogP contribution in [0.5, 0.6) is 0 Å². The third-order valence-corrected chi connectivity index (χ3v) is 7.69. The van der Waals surface area contributed by atoms with Crippen LogP contribution in [0, 0.1) is 13.8 Å². The van der Waals surface area contributed by atoms with Crippen molar-refractivity contribution in [2.24, 2.45) is 7.05 Å². The summed E-state index contributed by atoms with van der Waals surface area (Å²) in [5, 5.41) is 3.74. The molecule has 9 nitrogen and oxygen atoms in total. The van der Waals surface area contributed by atoms with Gasteiger partial charge in [-0.3, -0.25) is 10.2 Å². The summed E-state index contributed by atoms with van der Waals surface area (Å²) in [6.07, 6.45) is 6.28. The number of methoxy groups -OCH3 is 1. The minimum Gasteiger partial charge on any atom is -0.465 e. The zero-order valence-corrected chi connectivity index (χ0v) is 25.9. The first-order valence-electron chi connectivity index (χ1n) is 14.4. The third kappa shape index (κ3) is 6.62. The second-order valence-electron chi connectivity index (χ2n) is 12.0. The molecular formula is C34H39N5O4. The summed E-state index contributed by atoms with van der Waals surface area (Å²) < 4.78 is 12.4. The van der Waals surface area contributed by atoms with E-state index in [2.05, 4.69) is 57.8 Å². The number of carbonyl (C=O) groups is 2. The number of hydrogen-bond donors (Lipinski definition) is 1. The minimum atomic E-state index is -0.582. The molecule has 0 saturated heterocycles. The molecule has 0 bridgehead atoms. The van der Waals surface area contributed by atoms with E-state index in [4.69, 9.17) is 9.47 Å². The van der Waals surface area contributed by atoms with Gasteiger partial charge in [-0.25, -0.2) is 19.6 Å². The van der Waals surface area contributed by atoms with Crippen molar-refractivity contribution in [3.05, 3.63) is 82.8 Å². The van der Waals surface area contributed by atoms with Crippen LogP contribution in [0.3, 0.4) is 0 Å². The van der Waals surface area contributed by atoms with Crippen LogP contribution in [0.1, 0.15) is 59.9 Å². The van der Waals surface area contributed by atoms with Crippen molar-refractivity contribution in [3.63, 3.8) is 0 Å². The van der Waals surface area contributed by atoms with Gasteiger partial charge >= 0.3 is 12.1 Å². The molecule has 43 heavy (non-hydrogen) atoms. The number of hydrogen-bond acceptors (Lipinski definition) is 7.